The Bertz CT molecular complexity index is 5430. The molecule has 11 aromatic rings. The zero-order valence-electron chi connectivity index (χ0n) is 72.8. The first-order valence-corrected chi connectivity index (χ1v) is 42.5. The van der Waals surface area contributed by atoms with E-state index in [1.54, 1.807) is 98.8 Å². The van der Waals surface area contributed by atoms with Crippen molar-refractivity contribution in [3.63, 3.8) is 0 Å². The van der Waals surface area contributed by atoms with E-state index in [1.165, 1.54) is 50.6 Å². The summed E-state index contributed by atoms with van der Waals surface area (Å²) < 4.78 is 96.9. The number of benzene rings is 11. The minimum atomic E-state index is -1.62. The van der Waals surface area contributed by atoms with E-state index in [0.717, 1.165) is 56.4 Å². The van der Waals surface area contributed by atoms with Crippen LogP contribution < -0.4 is 37.9 Å². The Morgan fingerprint density at radius 1 is 0.308 bits per heavy atom. The second kappa shape index (κ2) is 43.8. The summed E-state index contributed by atoms with van der Waals surface area (Å²) in [5, 5.41) is 0.835. The van der Waals surface area contributed by atoms with Crippen molar-refractivity contribution in [3.05, 3.63) is 265 Å². The van der Waals surface area contributed by atoms with Crippen molar-refractivity contribution in [2.45, 2.75) is 78.3 Å². The summed E-state index contributed by atoms with van der Waals surface area (Å²) in [4.78, 5) is 147. The quantitative estimate of drug-likeness (QED) is 0.00500. The van der Waals surface area contributed by atoms with Gasteiger partial charge in [-0.1, -0.05) is 140 Å². The van der Waals surface area contributed by atoms with Gasteiger partial charge in [0.25, 0.3) is 23.6 Å². The Hall–Kier alpha value is -14.6. The topological polar surface area (TPSA) is 325 Å². The lowest BCUT2D eigenvalue weighted by Crippen LogP contribution is -2.54. The number of imide groups is 2. The molecule has 28 heteroatoms. The van der Waals surface area contributed by atoms with Gasteiger partial charge in [0.05, 0.1) is 89.3 Å². The number of methoxy groups -OCH3 is 2. The van der Waals surface area contributed by atoms with Crippen LogP contribution in [0.5, 0.6) is 69.0 Å². The van der Waals surface area contributed by atoms with E-state index in [2.05, 4.69) is 26.3 Å². The lowest BCUT2D eigenvalue weighted by atomic mass is 9.80. The number of ether oxygens (including phenoxy) is 16. The van der Waals surface area contributed by atoms with Gasteiger partial charge >= 0.3 is 35.8 Å². The van der Waals surface area contributed by atoms with Crippen LogP contribution in [-0.4, -0.2) is 175 Å². The molecule has 4 unspecified atom stereocenters. The van der Waals surface area contributed by atoms with E-state index < -0.39 is 83.4 Å². The van der Waals surface area contributed by atoms with Gasteiger partial charge in [-0.15, -0.1) is 0 Å². The Labute approximate surface area is 749 Å². The number of carbonyl (C=O) groups is 10. The molecule has 2 heterocycles. The monoisotopic (exact) mass is 1770 g/mol. The van der Waals surface area contributed by atoms with E-state index in [1.807, 2.05) is 62.4 Å². The molecular weight excluding hydrogens is 1670 g/mol. The average molecular weight is 1770 g/mol. The van der Waals surface area contributed by atoms with Crippen LogP contribution in [-0.2, 0) is 92.3 Å². The van der Waals surface area contributed by atoms with E-state index in [4.69, 9.17) is 75.8 Å². The molecule has 0 saturated heterocycles. The molecule has 2 aliphatic rings. The Morgan fingerprint density at radius 2 is 0.546 bits per heavy atom. The Balaban J connectivity index is 1.10. The third-order valence-electron chi connectivity index (χ3n) is 22.2. The SMILES string of the molecule is C=CC(=O)OCCOCCc1ccc(Oc2cc3c4c(cc(Oc5ccc(CCOCCOC(=O)C=C)cc5)c5c6c(Oc7ccc(CCOCCOC(=O)C=C)cc7)cc7c8c(cc(Oc9ccc(CCOCCOC(=O)C=C)cc9)c(c2c45)c86)C(=O)N(C(C(=O)Oc2ccccc2OC)C(C)CC)C7=O)C(=O)N(C(C(=O)Oc2ccccc2OC)C(C)CC)C3=O)cc1. The summed E-state index contributed by atoms with van der Waals surface area (Å²) in [6.45, 7) is 22.2. The minimum absolute atomic E-state index is 0.00269. The van der Waals surface area contributed by atoms with E-state index >= 15 is 28.8 Å². The summed E-state index contributed by atoms with van der Waals surface area (Å²) >= 11 is 0. The van der Waals surface area contributed by atoms with Crippen molar-refractivity contribution in [2.24, 2.45) is 11.8 Å². The van der Waals surface area contributed by atoms with Gasteiger partial charge < -0.3 is 75.8 Å². The summed E-state index contributed by atoms with van der Waals surface area (Å²) in [6, 6.07) is 43.7. The maximum atomic E-state index is 16.8. The van der Waals surface area contributed by atoms with Gasteiger partial charge in [-0.2, -0.15) is 0 Å². The van der Waals surface area contributed by atoms with Gasteiger partial charge in [0, 0.05) is 67.4 Å². The molecule has 2 aliphatic heterocycles. The molecule has 0 aromatic heterocycles. The normalized spacial score (nSPS) is 13.1. The molecule has 672 valence electrons. The lowest BCUT2D eigenvalue weighted by Gasteiger charge is -2.37. The fourth-order valence-electron chi connectivity index (χ4n) is 15.4. The van der Waals surface area contributed by atoms with Crippen LogP contribution >= 0.6 is 0 Å². The second-order valence-electron chi connectivity index (χ2n) is 30.4. The summed E-state index contributed by atoms with van der Waals surface area (Å²) in [5.41, 5.74) is 2.61. The van der Waals surface area contributed by atoms with Crippen LogP contribution in [0.25, 0.3) is 43.1 Å². The number of fused-ring (bicyclic) bond motifs is 2. The van der Waals surface area contributed by atoms with Gasteiger partial charge in [-0.3, -0.25) is 29.0 Å². The van der Waals surface area contributed by atoms with Crippen molar-refractivity contribution in [2.75, 3.05) is 93.5 Å². The van der Waals surface area contributed by atoms with E-state index in [9.17, 15) is 19.2 Å². The molecule has 130 heavy (non-hydrogen) atoms. The molecule has 11 aromatic carbocycles. The zero-order chi connectivity index (χ0) is 92.1. The number of nitrogens with zero attached hydrogens (tertiary/aromatic N) is 2. The second-order valence-corrected chi connectivity index (χ2v) is 30.4. The van der Waals surface area contributed by atoms with Gasteiger partial charge in [-0.25, -0.2) is 28.8 Å². The van der Waals surface area contributed by atoms with Crippen molar-refractivity contribution >= 4 is 103 Å². The summed E-state index contributed by atoms with van der Waals surface area (Å²) in [5.74, 6) is -8.67. The molecule has 0 radical (unpaired) electrons. The molecule has 0 fully saturated rings. The maximum Gasteiger partial charge on any atom is 0.335 e. The molecule has 4 amide bonds. The summed E-state index contributed by atoms with van der Waals surface area (Å²) in [7, 11) is 2.82. The molecule has 0 bridgehead atoms. The van der Waals surface area contributed by atoms with Crippen LogP contribution in [0.3, 0.4) is 0 Å². The number of amides is 4. The third kappa shape index (κ3) is 21.3. The van der Waals surface area contributed by atoms with Gasteiger partial charge in [0.1, 0.15) is 84.5 Å². The molecule has 0 spiro atoms. The average Bonchev–Trinajstić information content (AvgIpc) is 0.668. The fraction of sp³-hybridized carbons (Fsp3) is 0.275. The smallest absolute Gasteiger partial charge is 0.335 e. The Morgan fingerprint density at radius 3 is 0.769 bits per heavy atom. The van der Waals surface area contributed by atoms with Crippen LogP contribution in [0.1, 0.15) is 104 Å². The predicted molar refractivity (Wildman–Crippen MR) is 481 cm³/mol. The largest absolute Gasteiger partial charge is 0.493 e. The number of rotatable bonds is 48. The van der Waals surface area contributed by atoms with E-state index in [-0.39, 0.29) is 226 Å². The van der Waals surface area contributed by atoms with Gasteiger partial charge in [-0.05, 0) is 157 Å². The first-order valence-electron chi connectivity index (χ1n) is 42.5. The maximum absolute atomic E-state index is 16.8. The highest BCUT2D eigenvalue weighted by Crippen LogP contribution is 2.59. The van der Waals surface area contributed by atoms with Crippen molar-refractivity contribution in [1.82, 2.24) is 9.80 Å². The molecule has 28 nitrogen and oxygen atoms in total. The lowest BCUT2D eigenvalue weighted by molar-refractivity contribution is -0.141. The van der Waals surface area contributed by atoms with Gasteiger partial charge in [0.2, 0.25) is 0 Å². The predicted octanol–water partition coefficient (Wildman–Crippen LogP) is 17.3. The van der Waals surface area contributed by atoms with Crippen LogP contribution in [0.2, 0.25) is 0 Å². The highest BCUT2D eigenvalue weighted by Gasteiger charge is 2.49. The third-order valence-corrected chi connectivity index (χ3v) is 22.2. The number of carbonyl (C=O) groups excluding carboxylic acids is 10. The highest BCUT2D eigenvalue weighted by atomic mass is 16.6. The number of esters is 6. The molecule has 0 N–H and O–H groups in total. The molecular formula is C102H98N2O26. The van der Waals surface area contributed by atoms with Crippen molar-refractivity contribution in [1.29, 1.82) is 0 Å². The van der Waals surface area contributed by atoms with Crippen LogP contribution in [0.15, 0.2) is 220 Å². The number of para-hydroxylation sites is 4. The highest BCUT2D eigenvalue weighted by molar-refractivity contribution is 6.45. The van der Waals surface area contributed by atoms with Crippen molar-refractivity contribution < 1.29 is 124 Å². The fourth-order valence-corrected chi connectivity index (χ4v) is 15.4. The minimum Gasteiger partial charge on any atom is -0.493 e. The first-order chi connectivity index (χ1) is 63.1. The Kier molecular flexibility index (Phi) is 31.3. The molecule has 0 aliphatic carbocycles. The first kappa shape index (κ1) is 93.1. The molecule has 4 atom stereocenters. The summed E-state index contributed by atoms with van der Waals surface area (Å²) in [6.07, 6.45) is 6.31. The standard InChI is InChI=1S/C102H98N2O26/c1-11-61(7)95(101(113)129-77-23-19-17-21-75(77)115-9)103-97(109)71-57-79(125-67-33-25-63(26-34-67)41-45-117-49-53-121-83(105)13-3)89-91-81(127-69-37-29-65(30-38-69)43-47-119-51-55-123-85(107)15-5)59-73-88-74(100(112)104(99(73)111)96(62(8)12-2)102(114)130-78-24-20-18-22-76(78)116-10)60-82(128-70-39-31-66(32-40-70)44-48-120-52-56-124-86(108)16-6)92(94(88)91)90-80(58-72(98(103)110)87(71)93(89)90)126-68-35-27-64(28-36-68)42-46-118-50-54-122-84(106)14-4/h13-40,57-62,95-96H,3-6,11-12,41-56H2,1-2,7-10H3. The van der Waals surface area contributed by atoms with E-state index in [0.29, 0.717) is 25.7 Å². The zero-order valence-corrected chi connectivity index (χ0v) is 72.8. The molecule has 13 rings (SSSR count). The van der Waals surface area contributed by atoms with Crippen LogP contribution in [0.4, 0.5) is 0 Å². The van der Waals surface area contributed by atoms with Crippen LogP contribution in [0, 0.1) is 11.8 Å². The molecule has 0 saturated carbocycles. The van der Waals surface area contributed by atoms with Crippen molar-refractivity contribution in [3.8, 4) is 69.0 Å². The number of hydrogen-bond donors (Lipinski definition) is 0. The van der Waals surface area contributed by atoms with Gasteiger partial charge in [0.15, 0.2) is 23.0 Å². The number of hydrogen-bond acceptors (Lipinski definition) is 26.